The highest BCUT2D eigenvalue weighted by molar-refractivity contribution is 5.81. The highest BCUT2D eigenvalue weighted by atomic mass is 16.7. The van der Waals surface area contributed by atoms with Gasteiger partial charge in [-0.25, -0.2) is 9.97 Å². The molecule has 4 nitrogen and oxygen atoms in total. The summed E-state index contributed by atoms with van der Waals surface area (Å²) in [5.41, 5.74) is 0.874. The van der Waals surface area contributed by atoms with Gasteiger partial charge in [0, 0.05) is 17.6 Å². The largest absolute Gasteiger partial charge is 0.454 e. The Labute approximate surface area is 74.1 Å². The molecule has 0 atom stereocenters. The molecule has 0 amide bonds. The van der Waals surface area contributed by atoms with Crippen LogP contribution < -0.4 is 9.47 Å². The predicted molar refractivity (Wildman–Crippen MR) is 45.7 cm³/mol. The number of fused-ring (bicyclic) bond motifs is 2. The van der Waals surface area contributed by atoms with E-state index >= 15 is 0 Å². The molecule has 0 spiro atoms. The average Bonchev–Trinajstić information content (AvgIpc) is 2.61. The second kappa shape index (κ2) is 2.32. The molecule has 2 aromatic rings. The predicted octanol–water partition coefficient (Wildman–Crippen LogP) is 1.36. The van der Waals surface area contributed by atoms with Gasteiger partial charge in [0.1, 0.15) is 6.33 Å². The molecule has 0 unspecified atom stereocenters. The Morgan fingerprint density at radius 1 is 1.15 bits per heavy atom. The quantitative estimate of drug-likeness (QED) is 0.604. The van der Waals surface area contributed by atoms with Crippen LogP contribution in [0.2, 0.25) is 0 Å². The van der Waals surface area contributed by atoms with Crippen LogP contribution in [0.5, 0.6) is 11.5 Å². The van der Waals surface area contributed by atoms with Gasteiger partial charge in [-0.1, -0.05) is 0 Å². The molecule has 0 saturated heterocycles. The van der Waals surface area contributed by atoms with Gasteiger partial charge in [-0.15, -0.1) is 0 Å². The molecule has 13 heavy (non-hydrogen) atoms. The molecule has 4 heteroatoms. The molecular formula is C9H6N2O2. The summed E-state index contributed by atoms with van der Waals surface area (Å²) in [4.78, 5) is 8.04. The Balaban J connectivity index is 2.36. The van der Waals surface area contributed by atoms with E-state index in [1.165, 1.54) is 6.33 Å². The monoisotopic (exact) mass is 174 g/mol. The number of aromatic nitrogens is 2. The number of hydrogen-bond acceptors (Lipinski definition) is 4. The minimum absolute atomic E-state index is 0.291. The number of hydrogen-bond donors (Lipinski definition) is 0. The van der Waals surface area contributed by atoms with Crippen molar-refractivity contribution in [1.29, 1.82) is 0 Å². The molecule has 2 heterocycles. The smallest absolute Gasteiger partial charge is 0.231 e. The van der Waals surface area contributed by atoms with Crippen molar-refractivity contribution < 1.29 is 9.47 Å². The third-order valence-electron chi connectivity index (χ3n) is 2.00. The maximum atomic E-state index is 5.23. The standard InChI is InChI=1S/C9H6N2O2/c1-6-3-10-4-11-7(6)2-9-8(1)12-5-13-9/h1-4H,5H2. The second-order valence-corrected chi connectivity index (χ2v) is 2.79. The minimum Gasteiger partial charge on any atom is -0.454 e. The van der Waals surface area contributed by atoms with E-state index in [4.69, 9.17) is 9.47 Å². The Kier molecular flexibility index (Phi) is 1.19. The van der Waals surface area contributed by atoms with Gasteiger partial charge >= 0.3 is 0 Å². The van der Waals surface area contributed by atoms with Crippen molar-refractivity contribution in [3.05, 3.63) is 24.7 Å². The second-order valence-electron chi connectivity index (χ2n) is 2.79. The van der Waals surface area contributed by atoms with Crippen molar-refractivity contribution in [3.8, 4) is 11.5 Å². The Morgan fingerprint density at radius 3 is 2.92 bits per heavy atom. The summed E-state index contributed by atoms with van der Waals surface area (Å²) in [5, 5.41) is 0.965. The van der Waals surface area contributed by atoms with Crippen molar-refractivity contribution in [2.45, 2.75) is 0 Å². The van der Waals surface area contributed by atoms with E-state index in [9.17, 15) is 0 Å². The molecule has 0 radical (unpaired) electrons. The minimum atomic E-state index is 0.291. The van der Waals surface area contributed by atoms with Gasteiger partial charge in [0.05, 0.1) is 5.52 Å². The van der Waals surface area contributed by atoms with E-state index < -0.39 is 0 Å². The summed E-state index contributed by atoms with van der Waals surface area (Å²) in [6, 6.07) is 3.75. The maximum Gasteiger partial charge on any atom is 0.231 e. The fourth-order valence-corrected chi connectivity index (χ4v) is 1.37. The van der Waals surface area contributed by atoms with Gasteiger partial charge in [0.2, 0.25) is 6.79 Å². The summed E-state index contributed by atoms with van der Waals surface area (Å²) < 4.78 is 10.5. The van der Waals surface area contributed by atoms with Gasteiger partial charge in [-0.05, 0) is 6.07 Å². The highest BCUT2D eigenvalue weighted by Crippen LogP contribution is 2.34. The van der Waals surface area contributed by atoms with Crippen molar-refractivity contribution in [2.75, 3.05) is 6.79 Å². The molecule has 0 N–H and O–H groups in total. The summed E-state index contributed by atoms with van der Waals surface area (Å²) in [6.45, 7) is 0.291. The van der Waals surface area contributed by atoms with Crippen molar-refractivity contribution in [1.82, 2.24) is 9.97 Å². The summed E-state index contributed by atoms with van der Waals surface area (Å²) in [7, 11) is 0. The van der Waals surface area contributed by atoms with Crippen LogP contribution in [0.4, 0.5) is 0 Å². The zero-order chi connectivity index (χ0) is 8.67. The van der Waals surface area contributed by atoms with Gasteiger partial charge in [0.15, 0.2) is 11.5 Å². The fourth-order valence-electron chi connectivity index (χ4n) is 1.37. The molecule has 0 aliphatic carbocycles. The summed E-state index contributed by atoms with van der Waals surface area (Å²) in [5.74, 6) is 1.52. The lowest BCUT2D eigenvalue weighted by atomic mass is 10.2. The van der Waals surface area contributed by atoms with Crippen molar-refractivity contribution >= 4 is 10.9 Å². The van der Waals surface area contributed by atoms with E-state index in [1.54, 1.807) is 6.20 Å². The van der Waals surface area contributed by atoms with Crippen molar-refractivity contribution in [2.24, 2.45) is 0 Å². The lowest BCUT2D eigenvalue weighted by molar-refractivity contribution is 0.174. The number of benzene rings is 1. The van der Waals surface area contributed by atoms with Gasteiger partial charge < -0.3 is 9.47 Å². The maximum absolute atomic E-state index is 5.23. The summed E-state index contributed by atoms with van der Waals surface area (Å²) in [6.07, 6.45) is 3.27. The third kappa shape index (κ3) is 0.917. The highest BCUT2D eigenvalue weighted by Gasteiger charge is 2.13. The summed E-state index contributed by atoms with van der Waals surface area (Å²) >= 11 is 0. The molecule has 1 aliphatic heterocycles. The normalized spacial score (nSPS) is 13.5. The molecule has 64 valence electrons. The number of ether oxygens (including phenoxy) is 2. The third-order valence-corrected chi connectivity index (χ3v) is 2.00. The van der Waals surface area contributed by atoms with Crippen LogP contribution in [0, 0.1) is 0 Å². The van der Waals surface area contributed by atoms with Gasteiger partial charge in [0.25, 0.3) is 0 Å². The molecule has 0 bridgehead atoms. The first-order chi connectivity index (χ1) is 6.43. The molecule has 0 saturated carbocycles. The van der Waals surface area contributed by atoms with Gasteiger partial charge in [-0.3, -0.25) is 0 Å². The van der Waals surface area contributed by atoms with Crippen LogP contribution in [-0.4, -0.2) is 16.8 Å². The van der Waals surface area contributed by atoms with Crippen LogP contribution in [0.3, 0.4) is 0 Å². The first-order valence-electron chi connectivity index (χ1n) is 3.93. The van der Waals surface area contributed by atoms with Crippen molar-refractivity contribution in [3.63, 3.8) is 0 Å². The van der Waals surface area contributed by atoms with Crippen LogP contribution in [0.15, 0.2) is 24.7 Å². The number of nitrogens with zero attached hydrogens (tertiary/aromatic N) is 2. The SMILES string of the molecule is c1ncc2cc3c(cc2n1)OCO3. The molecule has 1 aromatic heterocycles. The number of rotatable bonds is 0. The first kappa shape index (κ1) is 6.65. The van der Waals surface area contributed by atoms with Crippen LogP contribution >= 0.6 is 0 Å². The Morgan fingerprint density at radius 2 is 2.00 bits per heavy atom. The molecule has 1 aliphatic rings. The lowest BCUT2D eigenvalue weighted by Crippen LogP contribution is -1.92. The van der Waals surface area contributed by atoms with Crippen LogP contribution in [0.1, 0.15) is 0 Å². The Hall–Kier alpha value is -1.84. The van der Waals surface area contributed by atoms with Gasteiger partial charge in [-0.2, -0.15) is 0 Å². The molecule has 3 rings (SSSR count). The van der Waals surface area contributed by atoms with E-state index in [0.717, 1.165) is 22.4 Å². The topological polar surface area (TPSA) is 44.2 Å². The molecular weight excluding hydrogens is 168 g/mol. The van der Waals surface area contributed by atoms with E-state index in [-0.39, 0.29) is 0 Å². The fraction of sp³-hybridized carbons (Fsp3) is 0.111. The zero-order valence-corrected chi connectivity index (χ0v) is 6.73. The molecule has 1 aromatic carbocycles. The van der Waals surface area contributed by atoms with E-state index in [2.05, 4.69) is 9.97 Å². The lowest BCUT2D eigenvalue weighted by Gasteiger charge is -1.97. The van der Waals surface area contributed by atoms with E-state index in [1.807, 2.05) is 12.1 Å². The van der Waals surface area contributed by atoms with E-state index in [0.29, 0.717) is 6.79 Å². The van der Waals surface area contributed by atoms with Crippen LogP contribution in [0.25, 0.3) is 10.9 Å². The van der Waals surface area contributed by atoms with Crippen LogP contribution in [-0.2, 0) is 0 Å². The Bertz CT molecular complexity index is 428. The average molecular weight is 174 g/mol. The first-order valence-corrected chi connectivity index (χ1v) is 3.93. The molecule has 0 fully saturated rings. The zero-order valence-electron chi connectivity index (χ0n) is 6.73.